The normalized spacial score (nSPS) is 16.9. The summed E-state index contributed by atoms with van der Waals surface area (Å²) in [5.74, 6) is 0.177. The number of rotatable bonds is 4. The van der Waals surface area contributed by atoms with Gasteiger partial charge in [0.15, 0.2) is 5.82 Å². The molecule has 1 fully saturated rings. The lowest BCUT2D eigenvalue weighted by Gasteiger charge is -2.32. The quantitative estimate of drug-likeness (QED) is 0.612. The van der Waals surface area contributed by atoms with E-state index in [2.05, 4.69) is 9.97 Å². The lowest BCUT2D eigenvalue weighted by Crippen LogP contribution is -2.43. The maximum absolute atomic E-state index is 13.0. The van der Waals surface area contributed by atoms with E-state index in [-0.39, 0.29) is 5.91 Å². The van der Waals surface area contributed by atoms with Crippen LogP contribution < -0.4 is 0 Å². The van der Waals surface area contributed by atoms with Crippen LogP contribution in [0.1, 0.15) is 44.8 Å². The summed E-state index contributed by atoms with van der Waals surface area (Å²) in [6.45, 7) is 2.97. The van der Waals surface area contributed by atoms with Crippen molar-refractivity contribution in [2.75, 3.05) is 19.7 Å². The molecule has 2 aromatic heterocycles. The summed E-state index contributed by atoms with van der Waals surface area (Å²) < 4.78 is 46.7. The Bertz CT molecular complexity index is 1130. The van der Waals surface area contributed by atoms with Crippen LogP contribution in [-0.2, 0) is 24.4 Å². The molecule has 0 saturated carbocycles. The molecule has 0 spiro atoms. The van der Waals surface area contributed by atoms with E-state index in [0.29, 0.717) is 43.2 Å². The number of carbonyl (C=O) groups excluding carboxylic acids is 1. The predicted molar refractivity (Wildman–Crippen MR) is 111 cm³/mol. The van der Waals surface area contributed by atoms with E-state index in [0.717, 1.165) is 17.3 Å². The smallest absolute Gasteiger partial charge is 0.368 e. The standard InChI is InChI=1S/C23H23F3N4O2/c1-15-10-17(11-16-4-3-5-18(12-16)23(24,25)26)13-19(28-15)20-14-30(8-9-32-20)22(31)21-27-6-7-29(21)2/h3-7,10,12-13,20H,8-9,11,14H2,1-2H3/t20-/m1/s1. The number of imidazole rings is 1. The maximum atomic E-state index is 13.0. The number of aryl methyl sites for hydroxylation is 2. The monoisotopic (exact) mass is 444 g/mol. The number of amides is 1. The maximum Gasteiger partial charge on any atom is 0.416 e. The van der Waals surface area contributed by atoms with Gasteiger partial charge >= 0.3 is 6.18 Å². The highest BCUT2D eigenvalue weighted by Crippen LogP contribution is 2.30. The largest absolute Gasteiger partial charge is 0.416 e. The first-order valence-electron chi connectivity index (χ1n) is 10.2. The molecule has 4 rings (SSSR count). The fourth-order valence-electron chi connectivity index (χ4n) is 3.85. The zero-order valence-electron chi connectivity index (χ0n) is 17.8. The third-order valence-electron chi connectivity index (χ3n) is 5.39. The number of pyridine rings is 1. The van der Waals surface area contributed by atoms with Crippen LogP contribution >= 0.6 is 0 Å². The first-order chi connectivity index (χ1) is 15.2. The van der Waals surface area contributed by atoms with E-state index in [4.69, 9.17) is 4.74 Å². The van der Waals surface area contributed by atoms with Gasteiger partial charge in [0, 0.05) is 31.7 Å². The van der Waals surface area contributed by atoms with Gasteiger partial charge in [-0.3, -0.25) is 9.78 Å². The highest BCUT2D eigenvalue weighted by Gasteiger charge is 2.31. The Morgan fingerprint density at radius 3 is 2.75 bits per heavy atom. The van der Waals surface area contributed by atoms with Gasteiger partial charge in [-0.15, -0.1) is 0 Å². The molecule has 1 saturated heterocycles. The van der Waals surface area contributed by atoms with Crippen molar-refractivity contribution in [3.63, 3.8) is 0 Å². The molecule has 6 nitrogen and oxygen atoms in total. The number of hydrogen-bond donors (Lipinski definition) is 0. The highest BCUT2D eigenvalue weighted by atomic mass is 19.4. The molecule has 1 aromatic carbocycles. The fourth-order valence-corrected chi connectivity index (χ4v) is 3.85. The third-order valence-corrected chi connectivity index (χ3v) is 5.39. The van der Waals surface area contributed by atoms with E-state index < -0.39 is 17.8 Å². The molecule has 32 heavy (non-hydrogen) atoms. The molecule has 1 amide bonds. The van der Waals surface area contributed by atoms with Crippen LogP contribution in [0.5, 0.6) is 0 Å². The summed E-state index contributed by atoms with van der Waals surface area (Å²) in [7, 11) is 1.76. The molecule has 1 aliphatic rings. The average molecular weight is 444 g/mol. The fraction of sp³-hybridized carbons (Fsp3) is 0.348. The number of aromatic nitrogens is 3. The van der Waals surface area contributed by atoms with Gasteiger partial charge in [-0.2, -0.15) is 13.2 Å². The molecule has 168 valence electrons. The zero-order valence-corrected chi connectivity index (χ0v) is 17.8. The van der Waals surface area contributed by atoms with Gasteiger partial charge in [0.2, 0.25) is 0 Å². The van der Waals surface area contributed by atoms with Crippen molar-refractivity contribution in [3.8, 4) is 0 Å². The zero-order chi connectivity index (χ0) is 22.9. The lowest BCUT2D eigenvalue weighted by molar-refractivity contribution is -0.137. The van der Waals surface area contributed by atoms with E-state index in [1.165, 1.54) is 12.1 Å². The molecule has 3 heterocycles. The summed E-state index contributed by atoms with van der Waals surface area (Å²) in [6, 6.07) is 9.01. The number of alkyl halides is 3. The van der Waals surface area contributed by atoms with Gasteiger partial charge in [-0.25, -0.2) is 4.98 Å². The van der Waals surface area contributed by atoms with Gasteiger partial charge < -0.3 is 14.2 Å². The van der Waals surface area contributed by atoms with E-state index >= 15 is 0 Å². The van der Waals surface area contributed by atoms with Crippen molar-refractivity contribution >= 4 is 5.91 Å². The first kappa shape index (κ1) is 22.0. The van der Waals surface area contributed by atoms with Crippen LogP contribution in [-0.4, -0.2) is 45.0 Å². The van der Waals surface area contributed by atoms with E-state index in [9.17, 15) is 18.0 Å². The molecule has 0 unspecified atom stereocenters. The van der Waals surface area contributed by atoms with Crippen LogP contribution in [0.4, 0.5) is 13.2 Å². The van der Waals surface area contributed by atoms with Crippen molar-refractivity contribution < 1.29 is 22.7 Å². The minimum Gasteiger partial charge on any atom is -0.368 e. The number of morpholine rings is 1. The van der Waals surface area contributed by atoms with E-state index in [1.807, 2.05) is 19.1 Å². The van der Waals surface area contributed by atoms with Crippen LogP contribution in [0, 0.1) is 6.92 Å². The molecular weight excluding hydrogens is 421 g/mol. The Morgan fingerprint density at radius 2 is 2.03 bits per heavy atom. The summed E-state index contributed by atoms with van der Waals surface area (Å²) >= 11 is 0. The molecule has 0 aliphatic carbocycles. The lowest BCUT2D eigenvalue weighted by atomic mass is 10.0. The third kappa shape index (κ3) is 4.83. The Kier molecular flexibility index (Phi) is 6.01. The summed E-state index contributed by atoms with van der Waals surface area (Å²) in [5.41, 5.74) is 2.13. The van der Waals surface area contributed by atoms with Crippen molar-refractivity contribution in [2.24, 2.45) is 7.05 Å². The molecule has 1 atom stereocenters. The topological polar surface area (TPSA) is 60.2 Å². The van der Waals surface area contributed by atoms with Gasteiger partial charge in [0.25, 0.3) is 5.91 Å². The highest BCUT2D eigenvalue weighted by molar-refractivity contribution is 5.90. The molecule has 1 aliphatic heterocycles. The van der Waals surface area contributed by atoms with Crippen LogP contribution in [0.3, 0.4) is 0 Å². The molecule has 9 heteroatoms. The van der Waals surface area contributed by atoms with Crippen LogP contribution in [0.2, 0.25) is 0 Å². The number of hydrogen-bond acceptors (Lipinski definition) is 4. The van der Waals surface area contributed by atoms with Crippen LogP contribution in [0.25, 0.3) is 0 Å². The number of ether oxygens (including phenoxy) is 1. The Balaban J connectivity index is 1.54. The van der Waals surface area contributed by atoms with E-state index in [1.54, 1.807) is 35.0 Å². The molecule has 0 N–H and O–H groups in total. The predicted octanol–water partition coefficient (Wildman–Crippen LogP) is 3.95. The minimum absolute atomic E-state index is 0.178. The van der Waals surface area contributed by atoms with Gasteiger partial charge in [-0.05, 0) is 42.7 Å². The van der Waals surface area contributed by atoms with Crippen molar-refractivity contribution in [3.05, 3.63) is 82.7 Å². The first-order valence-corrected chi connectivity index (χ1v) is 10.2. The number of benzene rings is 1. The Labute approximate surface area is 183 Å². The summed E-state index contributed by atoms with van der Waals surface area (Å²) in [6.07, 6.45) is -1.17. The molecular formula is C23H23F3N4O2. The molecule has 0 radical (unpaired) electrons. The summed E-state index contributed by atoms with van der Waals surface area (Å²) in [5, 5.41) is 0. The number of nitrogens with zero attached hydrogens (tertiary/aromatic N) is 4. The van der Waals surface area contributed by atoms with Gasteiger partial charge in [-0.1, -0.05) is 18.2 Å². The van der Waals surface area contributed by atoms with Crippen molar-refractivity contribution in [2.45, 2.75) is 25.6 Å². The second kappa shape index (κ2) is 8.74. The Morgan fingerprint density at radius 1 is 1.22 bits per heavy atom. The second-order valence-electron chi connectivity index (χ2n) is 7.89. The Hall–Kier alpha value is -3.20. The second-order valence-corrected chi connectivity index (χ2v) is 7.89. The number of carbonyl (C=O) groups is 1. The molecule has 3 aromatic rings. The SMILES string of the molecule is Cc1cc(Cc2cccc(C(F)(F)F)c2)cc([C@H]2CN(C(=O)c3nccn3C)CCO2)n1. The molecule has 0 bridgehead atoms. The summed E-state index contributed by atoms with van der Waals surface area (Å²) in [4.78, 5) is 23.2. The van der Waals surface area contributed by atoms with Crippen molar-refractivity contribution in [1.82, 2.24) is 19.4 Å². The van der Waals surface area contributed by atoms with Gasteiger partial charge in [0.1, 0.15) is 6.10 Å². The van der Waals surface area contributed by atoms with Crippen LogP contribution in [0.15, 0.2) is 48.8 Å². The van der Waals surface area contributed by atoms with Gasteiger partial charge in [0.05, 0.1) is 24.4 Å². The van der Waals surface area contributed by atoms with Crippen molar-refractivity contribution in [1.29, 1.82) is 0 Å². The minimum atomic E-state index is -4.38. The average Bonchev–Trinajstić information content (AvgIpc) is 3.18. The number of halogens is 3.